The van der Waals surface area contributed by atoms with Crippen LogP contribution in [-0.4, -0.2) is 82.0 Å². The zero-order chi connectivity index (χ0) is 26.0. The number of hydrogen-bond donors (Lipinski definition) is 0. The van der Waals surface area contributed by atoms with Crippen molar-refractivity contribution in [3.05, 3.63) is 53.1 Å². The molecule has 0 N–H and O–H groups in total. The van der Waals surface area contributed by atoms with Crippen LogP contribution in [0.3, 0.4) is 0 Å². The van der Waals surface area contributed by atoms with E-state index in [1.54, 1.807) is 24.1 Å². The van der Waals surface area contributed by atoms with E-state index in [1.165, 1.54) is 27.8 Å². The van der Waals surface area contributed by atoms with Crippen LogP contribution in [0.5, 0.6) is 0 Å². The van der Waals surface area contributed by atoms with E-state index in [4.69, 9.17) is 9.72 Å². The third kappa shape index (κ3) is 6.68. The summed E-state index contributed by atoms with van der Waals surface area (Å²) in [7, 11) is 1.81. The van der Waals surface area contributed by atoms with Gasteiger partial charge in [-0.2, -0.15) is 4.31 Å². The van der Waals surface area contributed by atoms with Crippen LogP contribution in [0, 0.1) is 13.8 Å². The van der Waals surface area contributed by atoms with E-state index in [1.807, 2.05) is 25.9 Å². The second kappa shape index (κ2) is 12.2. The molecule has 3 aromatic rings. The number of carbonyl (C=O) groups is 1. The smallest absolute Gasteiger partial charge is 0.260 e. The molecule has 2 aromatic carbocycles. The van der Waals surface area contributed by atoms with Crippen LogP contribution in [0.4, 0.5) is 5.13 Å². The first-order valence-corrected chi connectivity index (χ1v) is 14.3. The van der Waals surface area contributed by atoms with Crippen molar-refractivity contribution in [2.45, 2.75) is 37.7 Å². The van der Waals surface area contributed by atoms with Gasteiger partial charge in [-0.15, -0.1) is 12.4 Å². The van der Waals surface area contributed by atoms with Gasteiger partial charge in [0.15, 0.2) is 5.13 Å². The molecule has 1 atom stereocenters. The SMILES string of the molecule is Cc1cc(C)c2nc(N(CCN(C)C)C(=O)c3ccc(S(=O)(=O)N(C)CC4CCCO4)cc3)sc2c1.Cl. The molecule has 202 valence electrons. The third-order valence-corrected chi connectivity index (χ3v) is 9.22. The highest BCUT2D eigenvalue weighted by Gasteiger charge is 2.27. The van der Waals surface area contributed by atoms with E-state index in [9.17, 15) is 13.2 Å². The van der Waals surface area contributed by atoms with Crippen molar-refractivity contribution in [2.75, 3.05) is 52.3 Å². The van der Waals surface area contributed by atoms with Crippen LogP contribution in [-0.2, 0) is 14.8 Å². The summed E-state index contributed by atoms with van der Waals surface area (Å²) < 4.78 is 34.1. The van der Waals surface area contributed by atoms with E-state index in [0.717, 1.165) is 34.2 Å². The number of halogens is 1. The minimum absolute atomic E-state index is 0. The molecule has 8 nitrogen and oxygen atoms in total. The van der Waals surface area contributed by atoms with Gasteiger partial charge in [-0.1, -0.05) is 17.4 Å². The second-order valence-electron chi connectivity index (χ2n) is 9.63. The van der Waals surface area contributed by atoms with E-state index >= 15 is 0 Å². The van der Waals surface area contributed by atoms with Gasteiger partial charge in [0.1, 0.15) is 0 Å². The standard InChI is InChI=1S/C26H34N4O4S2.ClH/c1-18-15-19(2)24-23(16-18)35-26(27-24)30(13-12-28(3)4)25(31)20-8-10-22(11-9-20)36(32,33)29(5)17-21-7-6-14-34-21;/h8-11,15-16,21H,6-7,12-14,17H2,1-5H3;1H. The van der Waals surface area contributed by atoms with E-state index in [-0.39, 0.29) is 29.3 Å². The van der Waals surface area contributed by atoms with Gasteiger partial charge in [-0.25, -0.2) is 13.4 Å². The van der Waals surface area contributed by atoms with Gasteiger partial charge in [0, 0.05) is 38.9 Å². The van der Waals surface area contributed by atoms with Crippen LogP contribution in [0.2, 0.25) is 0 Å². The van der Waals surface area contributed by atoms with Gasteiger partial charge >= 0.3 is 0 Å². The molecule has 2 heterocycles. The highest BCUT2D eigenvalue weighted by molar-refractivity contribution is 7.89. The number of nitrogens with zero attached hydrogens (tertiary/aromatic N) is 4. The summed E-state index contributed by atoms with van der Waals surface area (Å²) in [4.78, 5) is 22.3. The van der Waals surface area contributed by atoms with Crippen molar-refractivity contribution < 1.29 is 17.9 Å². The number of amides is 1. The number of aryl methyl sites for hydroxylation is 2. The Bertz CT molecular complexity index is 1340. The Morgan fingerprint density at radius 2 is 1.81 bits per heavy atom. The summed E-state index contributed by atoms with van der Waals surface area (Å²) in [6, 6.07) is 10.4. The zero-order valence-electron chi connectivity index (χ0n) is 21.9. The lowest BCUT2D eigenvalue weighted by Gasteiger charge is -2.23. The number of hydrogen-bond acceptors (Lipinski definition) is 7. The molecule has 4 rings (SSSR count). The first kappa shape index (κ1) is 29.5. The molecule has 1 saturated heterocycles. The maximum Gasteiger partial charge on any atom is 0.260 e. The van der Waals surface area contributed by atoms with Gasteiger partial charge in [0.05, 0.1) is 21.2 Å². The lowest BCUT2D eigenvalue weighted by atomic mass is 10.1. The first-order valence-electron chi connectivity index (χ1n) is 12.1. The average Bonchev–Trinajstić information content (AvgIpc) is 3.49. The molecule has 1 unspecified atom stereocenters. The Kier molecular flexibility index (Phi) is 9.71. The van der Waals surface area contributed by atoms with Crippen molar-refractivity contribution in [1.29, 1.82) is 0 Å². The molecule has 1 aliphatic heterocycles. The molecule has 0 aliphatic carbocycles. The number of rotatable bonds is 9. The fourth-order valence-electron chi connectivity index (χ4n) is 4.34. The lowest BCUT2D eigenvalue weighted by Crippen LogP contribution is -2.37. The van der Waals surface area contributed by atoms with Gasteiger partial charge in [-0.3, -0.25) is 9.69 Å². The number of likely N-dealkylation sites (N-methyl/N-ethyl adjacent to an activating group) is 2. The van der Waals surface area contributed by atoms with Gasteiger partial charge < -0.3 is 9.64 Å². The Balaban J connectivity index is 0.00000380. The number of ether oxygens (including phenoxy) is 1. The van der Waals surface area contributed by atoms with E-state index < -0.39 is 10.0 Å². The van der Waals surface area contributed by atoms with Crippen LogP contribution >= 0.6 is 23.7 Å². The molecular weight excluding hydrogens is 532 g/mol. The minimum atomic E-state index is -3.68. The largest absolute Gasteiger partial charge is 0.377 e. The minimum Gasteiger partial charge on any atom is -0.377 e. The summed E-state index contributed by atoms with van der Waals surface area (Å²) in [5.41, 5.74) is 3.55. The van der Waals surface area contributed by atoms with Gasteiger partial charge in [0.2, 0.25) is 10.0 Å². The summed E-state index contributed by atoms with van der Waals surface area (Å²) in [6.07, 6.45) is 1.74. The topological polar surface area (TPSA) is 83.1 Å². The number of carbonyl (C=O) groups excluding carboxylic acids is 1. The van der Waals surface area contributed by atoms with Crippen molar-refractivity contribution >= 4 is 55.0 Å². The maximum absolute atomic E-state index is 13.6. The number of fused-ring (bicyclic) bond motifs is 1. The Morgan fingerprint density at radius 1 is 1.11 bits per heavy atom. The molecule has 1 amide bonds. The highest BCUT2D eigenvalue weighted by Crippen LogP contribution is 2.32. The van der Waals surface area contributed by atoms with Crippen LogP contribution in [0.25, 0.3) is 10.2 Å². The van der Waals surface area contributed by atoms with Crippen molar-refractivity contribution in [3.8, 4) is 0 Å². The molecule has 0 bridgehead atoms. The van der Waals surface area contributed by atoms with Crippen LogP contribution in [0.1, 0.15) is 34.3 Å². The highest BCUT2D eigenvalue weighted by atomic mass is 35.5. The normalized spacial score (nSPS) is 15.9. The molecule has 1 fully saturated rings. The van der Waals surface area contributed by atoms with Crippen molar-refractivity contribution in [2.24, 2.45) is 0 Å². The molecule has 0 radical (unpaired) electrons. The molecule has 0 spiro atoms. The molecule has 11 heteroatoms. The summed E-state index contributed by atoms with van der Waals surface area (Å²) in [5.74, 6) is -0.207. The predicted octanol–water partition coefficient (Wildman–Crippen LogP) is 4.34. The monoisotopic (exact) mass is 566 g/mol. The van der Waals surface area contributed by atoms with Crippen LogP contribution < -0.4 is 4.90 Å². The second-order valence-corrected chi connectivity index (χ2v) is 12.7. The Morgan fingerprint density at radius 3 is 2.43 bits per heavy atom. The summed E-state index contributed by atoms with van der Waals surface area (Å²) in [5, 5.41) is 0.638. The van der Waals surface area contributed by atoms with E-state index in [2.05, 4.69) is 19.1 Å². The average molecular weight is 567 g/mol. The third-order valence-electron chi connectivity index (χ3n) is 6.36. The van der Waals surface area contributed by atoms with Crippen molar-refractivity contribution in [3.63, 3.8) is 0 Å². The Hall–Kier alpha value is -2.08. The Labute approximate surface area is 229 Å². The molecule has 1 aliphatic rings. The number of aromatic nitrogens is 1. The van der Waals surface area contributed by atoms with Gasteiger partial charge in [-0.05, 0) is 82.2 Å². The van der Waals surface area contributed by atoms with E-state index in [0.29, 0.717) is 36.9 Å². The number of sulfonamides is 1. The predicted molar refractivity (Wildman–Crippen MR) is 152 cm³/mol. The fraction of sp³-hybridized carbons (Fsp3) is 0.462. The van der Waals surface area contributed by atoms with Gasteiger partial charge in [0.25, 0.3) is 5.91 Å². The van der Waals surface area contributed by atoms with Crippen molar-refractivity contribution in [1.82, 2.24) is 14.2 Å². The van der Waals surface area contributed by atoms with Crippen LogP contribution in [0.15, 0.2) is 41.3 Å². The fourth-order valence-corrected chi connectivity index (χ4v) is 6.71. The number of anilines is 1. The number of thiazole rings is 1. The summed E-state index contributed by atoms with van der Waals surface area (Å²) >= 11 is 1.50. The molecule has 0 saturated carbocycles. The lowest BCUT2D eigenvalue weighted by molar-refractivity contribution is 0.0978. The quantitative estimate of drug-likeness (QED) is 0.383. The zero-order valence-corrected chi connectivity index (χ0v) is 24.4. The molecule has 37 heavy (non-hydrogen) atoms. The molecule has 1 aromatic heterocycles. The number of benzene rings is 2. The molecular formula is C26H35ClN4O4S2. The summed E-state index contributed by atoms with van der Waals surface area (Å²) in [6.45, 7) is 6.20. The first-order chi connectivity index (χ1) is 17.1. The maximum atomic E-state index is 13.6.